The van der Waals surface area contributed by atoms with E-state index in [1.54, 1.807) is 6.07 Å². The van der Waals surface area contributed by atoms with E-state index >= 15 is 0 Å². The van der Waals surface area contributed by atoms with Crippen molar-refractivity contribution in [3.8, 4) is 11.4 Å². The lowest BCUT2D eigenvalue weighted by Gasteiger charge is -2.47. The van der Waals surface area contributed by atoms with Crippen molar-refractivity contribution in [3.63, 3.8) is 0 Å². The molecule has 156 valence electrons. The van der Waals surface area contributed by atoms with E-state index in [1.165, 1.54) is 6.20 Å². The second kappa shape index (κ2) is 7.16. The topological polar surface area (TPSA) is 110 Å². The van der Waals surface area contributed by atoms with Gasteiger partial charge in [0, 0.05) is 23.7 Å². The lowest BCUT2D eigenvalue weighted by molar-refractivity contribution is -0.127. The van der Waals surface area contributed by atoms with Crippen molar-refractivity contribution in [2.45, 2.75) is 31.7 Å². The molecular weight excluding hydrogens is 414 g/mol. The van der Waals surface area contributed by atoms with Crippen molar-refractivity contribution in [3.05, 3.63) is 35.0 Å². The van der Waals surface area contributed by atoms with Crippen molar-refractivity contribution in [1.82, 2.24) is 20.2 Å². The number of halogens is 3. The van der Waals surface area contributed by atoms with Crippen LogP contribution in [-0.4, -0.2) is 32.1 Å². The van der Waals surface area contributed by atoms with Crippen LogP contribution in [0.4, 0.5) is 14.6 Å². The molecule has 3 aliphatic rings. The molecule has 3 heterocycles. The highest BCUT2D eigenvalue weighted by atomic mass is 35.5. The first kappa shape index (κ1) is 19.2. The Morgan fingerprint density at radius 2 is 1.90 bits per heavy atom. The molecule has 0 saturated heterocycles. The number of anilines is 1. The van der Waals surface area contributed by atoms with Crippen molar-refractivity contribution >= 4 is 34.4 Å². The number of fused-ring (bicyclic) bond motifs is 4. The molecule has 1 amide bonds. The van der Waals surface area contributed by atoms with Crippen molar-refractivity contribution < 1.29 is 13.6 Å². The van der Waals surface area contributed by atoms with Crippen molar-refractivity contribution in [2.24, 2.45) is 23.5 Å². The molecule has 7 nitrogen and oxygen atoms in total. The summed E-state index contributed by atoms with van der Waals surface area (Å²) in [6, 6.07) is 2.03. The van der Waals surface area contributed by atoms with Gasteiger partial charge in [-0.15, -0.1) is 0 Å². The molecular formula is C20H19ClF2N6O. The highest BCUT2D eigenvalue weighted by molar-refractivity contribution is 6.31. The van der Waals surface area contributed by atoms with Crippen LogP contribution in [-0.2, 0) is 4.79 Å². The molecule has 0 radical (unpaired) electrons. The number of pyridine rings is 2. The predicted octanol–water partition coefficient (Wildman–Crippen LogP) is 3.65. The Kier molecular flexibility index (Phi) is 4.57. The van der Waals surface area contributed by atoms with Gasteiger partial charge < -0.3 is 11.1 Å². The molecule has 0 spiro atoms. The number of amides is 1. The van der Waals surface area contributed by atoms with Gasteiger partial charge in [0.05, 0.1) is 16.6 Å². The Bertz CT molecular complexity index is 1140. The number of nitrogens with zero attached hydrogens (tertiary/aromatic N) is 3. The maximum atomic E-state index is 14.6. The molecule has 10 heteroatoms. The number of carbonyl (C=O) groups is 1. The summed E-state index contributed by atoms with van der Waals surface area (Å²) >= 11 is 6.01. The molecule has 1 unspecified atom stereocenters. The number of carbonyl (C=O) groups excluding carboxylic acids is 1. The molecule has 3 aromatic rings. The fraction of sp³-hybridized carbons (Fsp3) is 0.400. The van der Waals surface area contributed by atoms with Crippen LogP contribution in [0.1, 0.15) is 25.7 Å². The zero-order valence-corrected chi connectivity index (χ0v) is 16.6. The van der Waals surface area contributed by atoms with E-state index in [9.17, 15) is 13.6 Å². The van der Waals surface area contributed by atoms with Crippen LogP contribution < -0.4 is 11.1 Å². The second-order valence-electron chi connectivity index (χ2n) is 8.05. The Morgan fingerprint density at radius 1 is 1.17 bits per heavy atom. The largest absolute Gasteiger partial charge is 0.369 e. The Hall–Kier alpha value is -2.81. The number of nitrogens with two attached hydrogens (primary N) is 1. The molecule has 0 aromatic carbocycles. The van der Waals surface area contributed by atoms with Crippen LogP contribution >= 0.6 is 11.6 Å². The van der Waals surface area contributed by atoms with Gasteiger partial charge in [0.15, 0.2) is 23.1 Å². The number of aromatic amines is 1. The van der Waals surface area contributed by atoms with E-state index in [0.29, 0.717) is 16.1 Å². The third-order valence-corrected chi connectivity index (χ3v) is 6.60. The fourth-order valence-electron chi connectivity index (χ4n) is 5.02. The fourth-order valence-corrected chi connectivity index (χ4v) is 5.18. The third kappa shape index (κ3) is 3.08. The first-order chi connectivity index (χ1) is 14.4. The molecule has 4 N–H and O–H groups in total. The lowest BCUT2D eigenvalue weighted by Crippen LogP contribution is -2.53. The maximum absolute atomic E-state index is 14.6. The smallest absolute Gasteiger partial charge is 0.222 e. The van der Waals surface area contributed by atoms with Crippen LogP contribution in [0.5, 0.6) is 0 Å². The van der Waals surface area contributed by atoms with Gasteiger partial charge in [-0.05, 0) is 43.6 Å². The van der Waals surface area contributed by atoms with E-state index in [0.717, 1.165) is 31.7 Å². The van der Waals surface area contributed by atoms with Crippen LogP contribution in [0.2, 0.25) is 5.02 Å². The average Bonchev–Trinajstić information content (AvgIpc) is 3.13. The van der Waals surface area contributed by atoms with Gasteiger partial charge in [0.2, 0.25) is 5.91 Å². The van der Waals surface area contributed by atoms with Gasteiger partial charge >= 0.3 is 0 Å². The molecule has 0 aliphatic heterocycles. The molecule has 6 rings (SSSR count). The number of hydrogen-bond acceptors (Lipinski definition) is 5. The van der Waals surface area contributed by atoms with E-state index in [-0.39, 0.29) is 35.1 Å². The van der Waals surface area contributed by atoms with E-state index in [4.69, 9.17) is 17.3 Å². The van der Waals surface area contributed by atoms with Crippen LogP contribution in [0.3, 0.4) is 0 Å². The summed E-state index contributed by atoms with van der Waals surface area (Å²) in [4.78, 5) is 20.4. The van der Waals surface area contributed by atoms with Gasteiger partial charge in [0.1, 0.15) is 5.69 Å². The van der Waals surface area contributed by atoms with E-state index in [2.05, 4.69) is 25.5 Å². The van der Waals surface area contributed by atoms with Gasteiger partial charge in [-0.1, -0.05) is 11.6 Å². The van der Waals surface area contributed by atoms with Crippen LogP contribution in [0, 0.1) is 29.4 Å². The van der Waals surface area contributed by atoms with E-state index in [1.807, 2.05) is 0 Å². The average molecular weight is 433 g/mol. The summed E-state index contributed by atoms with van der Waals surface area (Å²) < 4.78 is 29.3. The molecule has 3 aliphatic carbocycles. The van der Waals surface area contributed by atoms with Crippen molar-refractivity contribution in [1.29, 1.82) is 0 Å². The number of primary amides is 1. The normalized spacial score (nSPS) is 25.6. The number of nitrogens with one attached hydrogen (secondary N) is 2. The zero-order valence-electron chi connectivity index (χ0n) is 15.8. The summed E-state index contributed by atoms with van der Waals surface area (Å²) in [6.07, 6.45) is 5.19. The number of H-pyrrole nitrogens is 1. The monoisotopic (exact) mass is 432 g/mol. The molecule has 2 bridgehead atoms. The summed E-state index contributed by atoms with van der Waals surface area (Å²) in [5, 5.41) is 10.6. The predicted molar refractivity (Wildman–Crippen MR) is 108 cm³/mol. The highest BCUT2D eigenvalue weighted by Crippen LogP contribution is 2.46. The van der Waals surface area contributed by atoms with Gasteiger partial charge in [-0.2, -0.15) is 5.10 Å². The summed E-state index contributed by atoms with van der Waals surface area (Å²) in [7, 11) is 0. The molecule has 3 fully saturated rings. The first-order valence-corrected chi connectivity index (χ1v) is 10.2. The Balaban J connectivity index is 1.55. The molecule has 3 aromatic heterocycles. The SMILES string of the molecule is NC(=O)C1C2CCC(CC2)[C@H]1Nc1nc(-c2[nH]nc3ncc(Cl)cc23)c(F)cc1F. The first-order valence-electron chi connectivity index (χ1n) is 9.84. The summed E-state index contributed by atoms with van der Waals surface area (Å²) in [5.41, 5.74) is 6.14. The van der Waals surface area contributed by atoms with Crippen LogP contribution in [0.15, 0.2) is 18.3 Å². The summed E-state index contributed by atoms with van der Waals surface area (Å²) in [6.45, 7) is 0. The number of rotatable bonds is 4. The van der Waals surface area contributed by atoms with Gasteiger partial charge in [0.25, 0.3) is 0 Å². The molecule has 2 atom stereocenters. The maximum Gasteiger partial charge on any atom is 0.222 e. The van der Waals surface area contributed by atoms with Crippen LogP contribution in [0.25, 0.3) is 22.4 Å². The second-order valence-corrected chi connectivity index (χ2v) is 8.48. The number of aromatic nitrogens is 4. The lowest BCUT2D eigenvalue weighted by atomic mass is 9.61. The quantitative estimate of drug-likeness (QED) is 0.583. The van der Waals surface area contributed by atoms with Gasteiger partial charge in [-0.25, -0.2) is 18.7 Å². The Labute approximate surface area is 175 Å². The zero-order chi connectivity index (χ0) is 21.0. The highest BCUT2D eigenvalue weighted by Gasteiger charge is 2.46. The molecule has 30 heavy (non-hydrogen) atoms. The van der Waals surface area contributed by atoms with Gasteiger partial charge in [-0.3, -0.25) is 9.89 Å². The Morgan fingerprint density at radius 3 is 2.63 bits per heavy atom. The summed E-state index contributed by atoms with van der Waals surface area (Å²) in [5.74, 6) is -2.22. The minimum absolute atomic E-state index is 0.109. The van der Waals surface area contributed by atoms with Crippen molar-refractivity contribution in [2.75, 3.05) is 5.32 Å². The minimum Gasteiger partial charge on any atom is -0.369 e. The molecule has 3 saturated carbocycles. The third-order valence-electron chi connectivity index (χ3n) is 6.39. The minimum atomic E-state index is -0.847. The standard InChI is InChI=1S/C20H19ClF2N6O/c21-10-5-11-16(28-29-19(11)25-7-10)17-12(22)6-13(23)20(27-17)26-15-9-3-1-8(2-4-9)14(15)18(24)30/h5-9,14-15H,1-4H2,(H2,24,30)(H,26,27)(H,25,28,29)/t8?,9?,14?,15-/m1/s1. The number of hydrogen-bond donors (Lipinski definition) is 3. The van der Waals surface area contributed by atoms with E-state index < -0.39 is 23.5 Å².